The summed E-state index contributed by atoms with van der Waals surface area (Å²) in [5.74, 6) is 0.755. The van der Waals surface area contributed by atoms with E-state index in [0.717, 1.165) is 19.3 Å². The fourth-order valence-electron chi connectivity index (χ4n) is 8.24. The van der Waals surface area contributed by atoms with Crippen molar-refractivity contribution in [2.75, 3.05) is 47.6 Å². The molecule has 0 aromatic heterocycles. The van der Waals surface area contributed by atoms with Crippen LogP contribution in [0.4, 0.5) is 0 Å². The fraction of sp³-hybridized carbons (Fsp3) is 0.926. The number of hydrogen-bond acceptors (Lipinski definition) is 9. The maximum Gasteiger partial charge on any atom is 0.306 e. The first kappa shape index (κ1) is 27.8. The number of carbonyl (C=O) groups excluding carboxylic acids is 2. The van der Waals surface area contributed by atoms with Crippen LogP contribution in [0.25, 0.3) is 0 Å². The Kier molecular flexibility index (Phi) is 9.31. The van der Waals surface area contributed by atoms with E-state index in [0.29, 0.717) is 32.7 Å². The zero-order chi connectivity index (χ0) is 25.9. The highest BCUT2D eigenvalue weighted by Crippen LogP contribution is 2.67. The van der Waals surface area contributed by atoms with Crippen molar-refractivity contribution in [1.82, 2.24) is 0 Å². The topological polar surface area (TPSA) is 98.8 Å². The molecular formula is C27H44O9. The Morgan fingerprint density at radius 2 is 1.81 bits per heavy atom. The minimum atomic E-state index is -0.238. The lowest BCUT2D eigenvalue weighted by atomic mass is 9.44. The average Bonchev–Trinajstić information content (AvgIpc) is 3.37. The molecule has 10 atom stereocenters. The van der Waals surface area contributed by atoms with Crippen molar-refractivity contribution in [1.29, 1.82) is 0 Å². The summed E-state index contributed by atoms with van der Waals surface area (Å²) in [4.78, 5) is 25.2. The van der Waals surface area contributed by atoms with E-state index < -0.39 is 0 Å². The third-order valence-electron chi connectivity index (χ3n) is 9.50. The Morgan fingerprint density at radius 3 is 2.53 bits per heavy atom. The molecular weight excluding hydrogens is 468 g/mol. The molecule has 4 aliphatic rings. The molecule has 1 heterocycles. The Hall–Kier alpha value is -1.26. The van der Waals surface area contributed by atoms with Gasteiger partial charge in [0.25, 0.3) is 0 Å². The molecule has 206 valence electrons. The lowest BCUT2D eigenvalue weighted by Crippen LogP contribution is -2.61. The van der Waals surface area contributed by atoms with Gasteiger partial charge in [-0.15, -0.1) is 0 Å². The Labute approximate surface area is 214 Å². The molecule has 0 bridgehead atoms. The van der Waals surface area contributed by atoms with Crippen molar-refractivity contribution in [3.8, 4) is 0 Å². The molecule has 1 saturated heterocycles. The summed E-state index contributed by atoms with van der Waals surface area (Å²) >= 11 is 0. The van der Waals surface area contributed by atoms with Crippen molar-refractivity contribution in [3.05, 3.63) is 0 Å². The van der Waals surface area contributed by atoms with Gasteiger partial charge in [-0.25, -0.2) is 0 Å². The first-order valence-corrected chi connectivity index (χ1v) is 13.5. The van der Waals surface area contributed by atoms with Crippen LogP contribution in [0.3, 0.4) is 0 Å². The minimum absolute atomic E-state index is 0.0260. The number of hydrogen-bond donors (Lipinski definition) is 0. The van der Waals surface area contributed by atoms with E-state index in [2.05, 4.69) is 13.8 Å². The third-order valence-corrected chi connectivity index (χ3v) is 9.50. The van der Waals surface area contributed by atoms with Crippen LogP contribution in [0.1, 0.15) is 52.9 Å². The van der Waals surface area contributed by atoms with Gasteiger partial charge in [0.2, 0.25) is 0 Å². The molecule has 4 rings (SSSR count). The minimum Gasteiger partial charge on any atom is -0.466 e. The second kappa shape index (κ2) is 12.1. The van der Waals surface area contributed by atoms with Crippen molar-refractivity contribution >= 4 is 11.9 Å². The van der Waals surface area contributed by atoms with Crippen molar-refractivity contribution in [2.45, 2.75) is 71.2 Å². The van der Waals surface area contributed by atoms with E-state index in [9.17, 15) is 9.59 Å². The zero-order valence-corrected chi connectivity index (χ0v) is 22.4. The molecule has 0 amide bonds. The van der Waals surface area contributed by atoms with Gasteiger partial charge in [0.1, 0.15) is 19.7 Å². The molecule has 0 spiro atoms. The lowest BCUT2D eigenvalue weighted by molar-refractivity contribution is -0.232. The van der Waals surface area contributed by atoms with Gasteiger partial charge in [-0.05, 0) is 61.2 Å². The number of esters is 2. The van der Waals surface area contributed by atoms with E-state index in [4.69, 9.17) is 33.2 Å². The summed E-state index contributed by atoms with van der Waals surface area (Å²) in [5, 5.41) is 0. The molecule has 36 heavy (non-hydrogen) atoms. The molecule has 9 nitrogen and oxygen atoms in total. The molecule has 0 N–H and O–H groups in total. The Morgan fingerprint density at radius 1 is 1.03 bits per heavy atom. The second-order valence-electron chi connectivity index (χ2n) is 11.2. The largest absolute Gasteiger partial charge is 0.466 e. The normalized spacial score (nSPS) is 41.4. The zero-order valence-electron chi connectivity index (χ0n) is 22.4. The van der Waals surface area contributed by atoms with Gasteiger partial charge in [-0.2, -0.15) is 0 Å². The van der Waals surface area contributed by atoms with Gasteiger partial charge in [0.15, 0.2) is 0 Å². The van der Waals surface area contributed by atoms with Gasteiger partial charge in [-0.1, -0.05) is 13.8 Å². The van der Waals surface area contributed by atoms with E-state index in [1.807, 2.05) is 6.92 Å². The van der Waals surface area contributed by atoms with E-state index in [1.165, 1.54) is 0 Å². The molecule has 0 aromatic carbocycles. The summed E-state index contributed by atoms with van der Waals surface area (Å²) in [6.45, 7) is 8.17. The van der Waals surface area contributed by atoms with Gasteiger partial charge in [0.05, 0.1) is 38.4 Å². The quantitative estimate of drug-likeness (QED) is 0.222. The first-order valence-electron chi connectivity index (χ1n) is 13.5. The maximum absolute atomic E-state index is 12.8. The van der Waals surface area contributed by atoms with Crippen LogP contribution in [0.5, 0.6) is 0 Å². The molecule has 0 unspecified atom stereocenters. The lowest BCUT2D eigenvalue weighted by Gasteiger charge is -2.62. The summed E-state index contributed by atoms with van der Waals surface area (Å²) in [5.41, 5.74) is -0.238. The van der Waals surface area contributed by atoms with E-state index in [-0.39, 0.29) is 84.8 Å². The Bertz CT molecular complexity index is 760. The van der Waals surface area contributed by atoms with Crippen LogP contribution < -0.4 is 0 Å². The van der Waals surface area contributed by atoms with Crippen molar-refractivity contribution in [2.24, 2.45) is 40.9 Å². The van der Waals surface area contributed by atoms with Gasteiger partial charge < -0.3 is 33.2 Å². The standard InChI is InChI=1S/C27H44O9/c1-6-33-24(28)13-19-16(2)9-23(34-14-31-5)20-12-21(35-15-32-8-7-30-4)17-10-22-18(11-25(29)36-22)26(17)27(19,20)3/h16-23,26H,6-15H2,1-5H3/t16-,17+,18-,19+,20-,21+,22-,23-,26-,27-/m0/s1. The van der Waals surface area contributed by atoms with Gasteiger partial charge >= 0.3 is 11.9 Å². The van der Waals surface area contributed by atoms with Crippen LogP contribution in [0.2, 0.25) is 0 Å². The fourth-order valence-corrected chi connectivity index (χ4v) is 8.24. The number of carbonyl (C=O) groups is 2. The van der Waals surface area contributed by atoms with E-state index >= 15 is 0 Å². The number of fused-ring (bicyclic) bond motifs is 5. The monoisotopic (exact) mass is 512 g/mol. The van der Waals surface area contributed by atoms with Gasteiger partial charge in [-0.3, -0.25) is 9.59 Å². The summed E-state index contributed by atoms with van der Waals surface area (Å²) < 4.78 is 39.9. The molecule has 0 aromatic rings. The number of methoxy groups -OCH3 is 2. The van der Waals surface area contributed by atoms with Crippen molar-refractivity contribution < 1.29 is 42.7 Å². The van der Waals surface area contributed by atoms with Crippen LogP contribution in [0, 0.1) is 40.9 Å². The molecule has 1 aliphatic heterocycles. The molecule has 0 radical (unpaired) electrons. The highest BCUT2D eigenvalue weighted by atomic mass is 16.7. The SMILES string of the molecule is CCOC(=O)C[C@@H]1[C@@H](C)C[C@H](OCOC)[C@@H]2C[C@@H](OCOCCOC)[C@H]3C[C@@H]4OC(=O)C[C@@H]4[C@H]3[C@@]12C. The highest BCUT2D eigenvalue weighted by molar-refractivity contribution is 5.72. The average molecular weight is 513 g/mol. The van der Waals surface area contributed by atoms with Gasteiger partial charge in [0, 0.05) is 26.6 Å². The summed E-state index contributed by atoms with van der Waals surface area (Å²) in [6, 6.07) is 0. The van der Waals surface area contributed by atoms with Crippen LogP contribution >= 0.6 is 0 Å². The molecule has 3 aliphatic carbocycles. The highest BCUT2D eigenvalue weighted by Gasteiger charge is 2.67. The molecule has 4 fully saturated rings. The summed E-state index contributed by atoms with van der Waals surface area (Å²) in [6.07, 6.45) is 3.07. The van der Waals surface area contributed by atoms with Crippen LogP contribution in [-0.4, -0.2) is 77.9 Å². The van der Waals surface area contributed by atoms with Crippen molar-refractivity contribution in [3.63, 3.8) is 0 Å². The van der Waals surface area contributed by atoms with Crippen LogP contribution in [-0.2, 0) is 42.7 Å². The molecule has 3 saturated carbocycles. The maximum atomic E-state index is 12.8. The second-order valence-corrected chi connectivity index (χ2v) is 11.2. The number of rotatable bonds is 12. The third kappa shape index (κ3) is 5.32. The van der Waals surface area contributed by atoms with Crippen LogP contribution in [0.15, 0.2) is 0 Å². The first-order chi connectivity index (χ1) is 17.3. The predicted octanol–water partition coefficient (Wildman–Crippen LogP) is 3.18. The van der Waals surface area contributed by atoms with E-state index in [1.54, 1.807) is 14.2 Å². The number of ether oxygens (including phenoxy) is 7. The summed E-state index contributed by atoms with van der Waals surface area (Å²) in [7, 11) is 3.28. The predicted molar refractivity (Wildman–Crippen MR) is 129 cm³/mol. The molecule has 9 heteroatoms. The smallest absolute Gasteiger partial charge is 0.306 e. The Balaban J connectivity index is 1.66.